The molecular formula is C17H33N3. The Morgan fingerprint density at radius 1 is 1.20 bits per heavy atom. The molecule has 1 rings (SSSR count). The van der Waals surface area contributed by atoms with Gasteiger partial charge in [-0.25, -0.2) is 0 Å². The van der Waals surface area contributed by atoms with E-state index in [4.69, 9.17) is 5.10 Å². The Hall–Kier alpha value is -0.830. The maximum absolute atomic E-state index is 4.79. The van der Waals surface area contributed by atoms with Gasteiger partial charge in [0.05, 0.1) is 11.7 Å². The highest BCUT2D eigenvalue weighted by Gasteiger charge is 2.25. The van der Waals surface area contributed by atoms with Gasteiger partial charge in [0.15, 0.2) is 0 Å². The summed E-state index contributed by atoms with van der Waals surface area (Å²) >= 11 is 0. The highest BCUT2D eigenvalue weighted by atomic mass is 15.3. The molecule has 116 valence electrons. The van der Waals surface area contributed by atoms with Crippen LogP contribution in [0, 0.1) is 5.41 Å². The van der Waals surface area contributed by atoms with Gasteiger partial charge in [0.1, 0.15) is 0 Å². The molecule has 0 bridgehead atoms. The first kappa shape index (κ1) is 17.2. The second-order valence-electron chi connectivity index (χ2n) is 6.83. The average Bonchev–Trinajstić information content (AvgIpc) is 2.83. The van der Waals surface area contributed by atoms with E-state index in [9.17, 15) is 0 Å². The van der Waals surface area contributed by atoms with Crippen molar-refractivity contribution in [1.82, 2.24) is 15.1 Å². The molecule has 0 aromatic carbocycles. The summed E-state index contributed by atoms with van der Waals surface area (Å²) in [7, 11) is 0. The molecule has 1 aromatic rings. The van der Waals surface area contributed by atoms with Crippen LogP contribution in [-0.4, -0.2) is 22.4 Å². The summed E-state index contributed by atoms with van der Waals surface area (Å²) in [6.45, 7) is 14.7. The molecule has 0 radical (unpaired) electrons. The Morgan fingerprint density at radius 2 is 1.85 bits per heavy atom. The van der Waals surface area contributed by atoms with E-state index in [0.717, 1.165) is 25.8 Å². The highest BCUT2D eigenvalue weighted by molar-refractivity contribution is 5.04. The molecule has 1 atom stereocenters. The Bertz CT molecular complexity index is 372. The molecule has 0 aliphatic carbocycles. The van der Waals surface area contributed by atoms with E-state index in [0.29, 0.717) is 12.1 Å². The smallest absolute Gasteiger partial charge is 0.0640 e. The summed E-state index contributed by atoms with van der Waals surface area (Å²) in [6.07, 6.45) is 6.63. The maximum Gasteiger partial charge on any atom is 0.0640 e. The molecule has 0 spiro atoms. The molecule has 0 saturated heterocycles. The van der Waals surface area contributed by atoms with Gasteiger partial charge in [0.25, 0.3) is 0 Å². The zero-order valence-electron chi connectivity index (χ0n) is 14.2. The van der Waals surface area contributed by atoms with E-state index in [2.05, 4.69) is 63.8 Å². The summed E-state index contributed by atoms with van der Waals surface area (Å²) in [5.74, 6) is 0. The summed E-state index contributed by atoms with van der Waals surface area (Å²) in [5, 5.41) is 8.47. The summed E-state index contributed by atoms with van der Waals surface area (Å²) in [5.41, 5.74) is 1.47. The minimum absolute atomic E-state index is 0.258. The maximum atomic E-state index is 4.79. The van der Waals surface area contributed by atoms with Gasteiger partial charge in [-0.15, -0.1) is 0 Å². The zero-order valence-corrected chi connectivity index (χ0v) is 14.2. The number of hydrogen-bond acceptors (Lipinski definition) is 2. The molecule has 20 heavy (non-hydrogen) atoms. The number of rotatable bonds is 8. The normalized spacial score (nSPS) is 13.9. The third-order valence-electron chi connectivity index (χ3n) is 4.08. The van der Waals surface area contributed by atoms with Crippen molar-refractivity contribution in [1.29, 1.82) is 0 Å². The molecule has 0 fully saturated rings. The lowest BCUT2D eigenvalue weighted by molar-refractivity contribution is 0.264. The topological polar surface area (TPSA) is 29.9 Å². The van der Waals surface area contributed by atoms with E-state index in [1.54, 1.807) is 0 Å². The quantitative estimate of drug-likeness (QED) is 0.773. The van der Waals surface area contributed by atoms with Crippen LogP contribution in [0.25, 0.3) is 0 Å². The predicted molar refractivity (Wildman–Crippen MR) is 87.1 cm³/mol. The van der Waals surface area contributed by atoms with Crippen molar-refractivity contribution in [3.05, 3.63) is 18.0 Å². The van der Waals surface area contributed by atoms with Gasteiger partial charge in [-0.2, -0.15) is 5.10 Å². The Labute approximate surface area is 125 Å². The van der Waals surface area contributed by atoms with E-state index in [1.165, 1.54) is 12.1 Å². The van der Waals surface area contributed by atoms with Crippen molar-refractivity contribution in [3.63, 3.8) is 0 Å². The molecule has 3 heteroatoms. The molecule has 1 heterocycles. The van der Waals surface area contributed by atoms with Crippen molar-refractivity contribution >= 4 is 0 Å². The lowest BCUT2D eigenvalue weighted by Crippen LogP contribution is -2.42. The third kappa shape index (κ3) is 4.93. The number of aromatic nitrogens is 2. The van der Waals surface area contributed by atoms with Crippen LogP contribution in [0.15, 0.2) is 12.3 Å². The van der Waals surface area contributed by atoms with Gasteiger partial charge in [-0.1, -0.05) is 41.5 Å². The van der Waals surface area contributed by atoms with E-state index >= 15 is 0 Å². The van der Waals surface area contributed by atoms with Crippen LogP contribution in [0.5, 0.6) is 0 Å². The number of nitrogens with zero attached hydrogens (tertiary/aromatic N) is 2. The van der Waals surface area contributed by atoms with Crippen LogP contribution in [0.3, 0.4) is 0 Å². The third-order valence-corrected chi connectivity index (χ3v) is 4.08. The SMILES string of the molecule is CCCNC(Cc1ccn(C(CC)CC)n1)C(C)(C)C. The molecule has 0 saturated carbocycles. The Balaban J connectivity index is 2.74. The average molecular weight is 279 g/mol. The van der Waals surface area contributed by atoms with Crippen molar-refractivity contribution in [3.8, 4) is 0 Å². The largest absolute Gasteiger partial charge is 0.313 e. The second-order valence-corrected chi connectivity index (χ2v) is 6.83. The van der Waals surface area contributed by atoms with Crippen LogP contribution < -0.4 is 5.32 Å². The van der Waals surface area contributed by atoms with Crippen LogP contribution in [0.4, 0.5) is 0 Å². The Kier molecular flexibility index (Phi) is 6.74. The van der Waals surface area contributed by atoms with Gasteiger partial charge >= 0.3 is 0 Å². The minimum atomic E-state index is 0.258. The second kappa shape index (κ2) is 7.82. The van der Waals surface area contributed by atoms with E-state index in [1.807, 2.05) is 0 Å². The van der Waals surface area contributed by atoms with Gasteiger partial charge in [-0.3, -0.25) is 4.68 Å². The molecule has 3 nitrogen and oxygen atoms in total. The monoisotopic (exact) mass is 279 g/mol. The van der Waals surface area contributed by atoms with E-state index < -0.39 is 0 Å². The zero-order chi connectivity index (χ0) is 15.2. The van der Waals surface area contributed by atoms with Crippen molar-refractivity contribution < 1.29 is 0 Å². The van der Waals surface area contributed by atoms with E-state index in [-0.39, 0.29) is 5.41 Å². The van der Waals surface area contributed by atoms with Crippen molar-refractivity contribution in [2.75, 3.05) is 6.54 Å². The van der Waals surface area contributed by atoms with Gasteiger partial charge in [-0.05, 0) is 37.3 Å². The van der Waals surface area contributed by atoms with Gasteiger partial charge < -0.3 is 5.32 Å². The first-order chi connectivity index (χ1) is 9.42. The Morgan fingerprint density at radius 3 is 2.35 bits per heavy atom. The van der Waals surface area contributed by atoms with Crippen molar-refractivity contribution in [2.45, 2.75) is 79.3 Å². The fourth-order valence-corrected chi connectivity index (χ4v) is 2.56. The van der Waals surface area contributed by atoms with Crippen LogP contribution in [-0.2, 0) is 6.42 Å². The van der Waals surface area contributed by atoms with Crippen molar-refractivity contribution in [2.24, 2.45) is 5.41 Å². The number of hydrogen-bond donors (Lipinski definition) is 1. The lowest BCUT2D eigenvalue weighted by atomic mass is 9.84. The molecule has 1 unspecified atom stereocenters. The van der Waals surface area contributed by atoms with Crippen LogP contribution in [0.1, 0.15) is 72.5 Å². The standard InChI is InChI=1S/C17H33N3/c1-7-11-18-16(17(4,5)6)13-14-10-12-20(19-14)15(8-2)9-3/h10,12,15-16,18H,7-9,11,13H2,1-6H3. The highest BCUT2D eigenvalue weighted by Crippen LogP contribution is 2.23. The van der Waals surface area contributed by atoms with Gasteiger partial charge in [0, 0.05) is 18.7 Å². The minimum Gasteiger partial charge on any atom is -0.313 e. The van der Waals surface area contributed by atoms with Gasteiger partial charge in [0.2, 0.25) is 0 Å². The molecule has 0 amide bonds. The summed E-state index contributed by atoms with van der Waals surface area (Å²) in [6, 6.07) is 3.21. The first-order valence-electron chi connectivity index (χ1n) is 8.19. The molecule has 0 aliphatic heterocycles. The molecular weight excluding hydrogens is 246 g/mol. The summed E-state index contributed by atoms with van der Waals surface area (Å²) in [4.78, 5) is 0. The predicted octanol–water partition coefficient (Wildman–Crippen LogP) is 4.20. The summed E-state index contributed by atoms with van der Waals surface area (Å²) < 4.78 is 2.15. The fraction of sp³-hybridized carbons (Fsp3) is 0.824. The molecule has 1 N–H and O–H groups in total. The van der Waals surface area contributed by atoms with Crippen LogP contribution in [0.2, 0.25) is 0 Å². The molecule has 0 aliphatic rings. The van der Waals surface area contributed by atoms with Crippen LogP contribution >= 0.6 is 0 Å². The number of nitrogens with one attached hydrogen (secondary N) is 1. The lowest BCUT2D eigenvalue weighted by Gasteiger charge is -2.31. The first-order valence-corrected chi connectivity index (χ1v) is 8.19. The molecule has 1 aromatic heterocycles. The fourth-order valence-electron chi connectivity index (χ4n) is 2.56.